The minimum Gasteiger partial charge on any atom is -0.228 e. The number of fused-ring (bicyclic) bond motifs is 1. The smallest absolute Gasteiger partial charge is 0.161 e. The third-order valence-corrected chi connectivity index (χ3v) is 4.33. The minimum atomic E-state index is 0.453. The number of aromatic nitrogens is 2. The molecule has 0 spiro atoms. The molecule has 2 nitrogen and oxygen atoms in total. The molecule has 0 unspecified atom stereocenters. The normalized spacial score (nSPS) is 11.0. The van der Waals surface area contributed by atoms with Gasteiger partial charge in [-0.25, -0.2) is 9.97 Å². The summed E-state index contributed by atoms with van der Waals surface area (Å²) < 4.78 is 0. The summed E-state index contributed by atoms with van der Waals surface area (Å²) >= 11 is 12.5. The molecule has 1 heterocycles. The van der Waals surface area contributed by atoms with Gasteiger partial charge in [0, 0.05) is 16.0 Å². The highest BCUT2D eigenvalue weighted by molar-refractivity contribution is 6.35. The van der Waals surface area contributed by atoms with Gasteiger partial charge in [-0.2, -0.15) is 0 Å². The van der Waals surface area contributed by atoms with Crippen molar-refractivity contribution in [2.24, 2.45) is 0 Å². The van der Waals surface area contributed by atoms with Gasteiger partial charge < -0.3 is 0 Å². The number of nitrogens with zero attached hydrogens (tertiary/aromatic N) is 2. The zero-order valence-corrected chi connectivity index (χ0v) is 13.3. The molecule has 0 amide bonds. The Morgan fingerprint density at radius 2 is 1.67 bits per heavy atom. The van der Waals surface area contributed by atoms with Crippen LogP contribution in [-0.4, -0.2) is 9.97 Å². The Balaban J connectivity index is 2.21. The molecule has 0 fully saturated rings. The topological polar surface area (TPSA) is 25.8 Å². The van der Waals surface area contributed by atoms with Crippen LogP contribution in [0.2, 0.25) is 10.2 Å². The second-order valence-corrected chi connectivity index (χ2v) is 5.72. The van der Waals surface area contributed by atoms with E-state index in [1.54, 1.807) is 0 Å². The fourth-order valence-corrected chi connectivity index (χ4v) is 2.67. The van der Waals surface area contributed by atoms with Crippen LogP contribution in [0.15, 0.2) is 36.4 Å². The van der Waals surface area contributed by atoms with Gasteiger partial charge in [0.05, 0.1) is 5.52 Å². The highest BCUT2D eigenvalue weighted by atomic mass is 35.5. The molecule has 4 heteroatoms. The zero-order chi connectivity index (χ0) is 15.0. The molecule has 0 radical (unpaired) electrons. The van der Waals surface area contributed by atoms with E-state index in [1.165, 1.54) is 5.56 Å². The molecular formula is C17H14Cl2N2. The van der Waals surface area contributed by atoms with E-state index in [-0.39, 0.29) is 0 Å². The first-order valence-corrected chi connectivity index (χ1v) is 7.57. The largest absolute Gasteiger partial charge is 0.228 e. The van der Waals surface area contributed by atoms with E-state index in [9.17, 15) is 0 Å². The van der Waals surface area contributed by atoms with Gasteiger partial charge in [0.1, 0.15) is 5.15 Å². The lowest BCUT2D eigenvalue weighted by atomic mass is 10.1. The van der Waals surface area contributed by atoms with Crippen molar-refractivity contribution in [3.8, 4) is 11.4 Å². The summed E-state index contributed by atoms with van der Waals surface area (Å²) in [5.74, 6) is 0.625. The van der Waals surface area contributed by atoms with Gasteiger partial charge in [0.15, 0.2) is 5.82 Å². The fourth-order valence-electron chi connectivity index (χ4n) is 2.29. The number of rotatable bonds is 2. The van der Waals surface area contributed by atoms with E-state index in [0.29, 0.717) is 16.0 Å². The third-order valence-electron chi connectivity index (χ3n) is 3.63. The first kappa shape index (κ1) is 14.3. The number of benzene rings is 2. The van der Waals surface area contributed by atoms with Gasteiger partial charge in [-0.3, -0.25) is 0 Å². The van der Waals surface area contributed by atoms with Gasteiger partial charge in [-0.05, 0) is 36.6 Å². The summed E-state index contributed by atoms with van der Waals surface area (Å²) in [6.45, 7) is 4.07. The van der Waals surface area contributed by atoms with Crippen LogP contribution in [0.4, 0.5) is 0 Å². The molecule has 0 bridgehead atoms. The molecule has 0 atom stereocenters. The van der Waals surface area contributed by atoms with Crippen LogP contribution >= 0.6 is 23.2 Å². The second kappa shape index (κ2) is 5.63. The molecule has 3 rings (SSSR count). The molecule has 106 valence electrons. The van der Waals surface area contributed by atoms with Crippen molar-refractivity contribution in [2.75, 3.05) is 0 Å². The standard InChI is InChI=1S/C17H14Cl2N2/c1-3-11-4-6-12(7-5-11)17-20-15-10(2)14(18)9-8-13(15)16(19)21-17/h4-9H,3H2,1-2H3. The maximum Gasteiger partial charge on any atom is 0.161 e. The Morgan fingerprint density at radius 1 is 0.952 bits per heavy atom. The Bertz CT molecular complexity index is 811. The van der Waals surface area contributed by atoms with E-state index >= 15 is 0 Å². The summed E-state index contributed by atoms with van der Waals surface area (Å²) in [4.78, 5) is 9.05. The van der Waals surface area contributed by atoms with E-state index in [1.807, 2.05) is 31.2 Å². The van der Waals surface area contributed by atoms with Crippen molar-refractivity contribution >= 4 is 34.1 Å². The van der Waals surface area contributed by atoms with Crippen molar-refractivity contribution in [1.29, 1.82) is 0 Å². The van der Waals surface area contributed by atoms with Crippen LogP contribution in [0.5, 0.6) is 0 Å². The Labute approximate surface area is 133 Å². The number of hydrogen-bond donors (Lipinski definition) is 0. The number of aryl methyl sites for hydroxylation is 2. The van der Waals surface area contributed by atoms with E-state index in [0.717, 1.165) is 28.5 Å². The van der Waals surface area contributed by atoms with Crippen molar-refractivity contribution in [3.05, 3.63) is 57.7 Å². The number of hydrogen-bond acceptors (Lipinski definition) is 2. The van der Waals surface area contributed by atoms with Crippen LogP contribution in [0.1, 0.15) is 18.1 Å². The molecule has 3 aromatic rings. The van der Waals surface area contributed by atoms with E-state index < -0.39 is 0 Å². The fraction of sp³-hybridized carbons (Fsp3) is 0.176. The quantitative estimate of drug-likeness (QED) is 0.585. The Morgan fingerprint density at radius 3 is 2.33 bits per heavy atom. The zero-order valence-electron chi connectivity index (χ0n) is 11.8. The van der Waals surface area contributed by atoms with Gasteiger partial charge in [0.25, 0.3) is 0 Å². The van der Waals surface area contributed by atoms with E-state index in [4.69, 9.17) is 23.2 Å². The molecule has 0 aliphatic carbocycles. The molecule has 1 aromatic heterocycles. The van der Waals surface area contributed by atoms with Crippen molar-refractivity contribution in [2.45, 2.75) is 20.3 Å². The van der Waals surface area contributed by atoms with Crippen LogP contribution in [0, 0.1) is 6.92 Å². The predicted octanol–water partition coefficient (Wildman–Crippen LogP) is 5.47. The Hall–Kier alpha value is -1.64. The third kappa shape index (κ3) is 2.61. The summed E-state index contributed by atoms with van der Waals surface area (Å²) in [5, 5.41) is 1.96. The van der Waals surface area contributed by atoms with Crippen molar-refractivity contribution in [3.63, 3.8) is 0 Å². The van der Waals surface area contributed by atoms with Crippen LogP contribution < -0.4 is 0 Å². The first-order chi connectivity index (χ1) is 10.1. The summed E-state index contributed by atoms with van der Waals surface area (Å²) in [6, 6.07) is 11.9. The SMILES string of the molecule is CCc1ccc(-c2nc(Cl)c3ccc(Cl)c(C)c3n2)cc1. The van der Waals surface area contributed by atoms with Crippen molar-refractivity contribution < 1.29 is 0 Å². The van der Waals surface area contributed by atoms with Gasteiger partial charge in [0.2, 0.25) is 0 Å². The lowest BCUT2D eigenvalue weighted by Gasteiger charge is -2.08. The molecule has 0 saturated heterocycles. The van der Waals surface area contributed by atoms with E-state index in [2.05, 4.69) is 29.0 Å². The molecule has 2 aromatic carbocycles. The first-order valence-electron chi connectivity index (χ1n) is 6.82. The van der Waals surface area contributed by atoms with Gasteiger partial charge in [-0.15, -0.1) is 0 Å². The van der Waals surface area contributed by atoms with Crippen molar-refractivity contribution in [1.82, 2.24) is 9.97 Å². The molecule has 0 aliphatic heterocycles. The van der Waals surface area contributed by atoms with Crippen LogP contribution in [0.3, 0.4) is 0 Å². The lowest BCUT2D eigenvalue weighted by molar-refractivity contribution is 1.14. The van der Waals surface area contributed by atoms with Gasteiger partial charge >= 0.3 is 0 Å². The van der Waals surface area contributed by atoms with Gasteiger partial charge in [-0.1, -0.05) is 54.4 Å². The monoisotopic (exact) mass is 316 g/mol. The molecule has 21 heavy (non-hydrogen) atoms. The molecule has 0 aliphatic rings. The number of halogens is 2. The average Bonchev–Trinajstić information content (AvgIpc) is 2.51. The summed E-state index contributed by atoms with van der Waals surface area (Å²) in [6.07, 6.45) is 1.01. The maximum atomic E-state index is 6.30. The second-order valence-electron chi connectivity index (χ2n) is 4.96. The molecular weight excluding hydrogens is 303 g/mol. The summed E-state index contributed by atoms with van der Waals surface area (Å²) in [5.41, 5.74) is 3.96. The minimum absolute atomic E-state index is 0.453. The Kier molecular flexibility index (Phi) is 3.83. The average molecular weight is 317 g/mol. The van der Waals surface area contributed by atoms with Crippen LogP contribution in [0.25, 0.3) is 22.3 Å². The maximum absolute atomic E-state index is 6.30. The highest BCUT2D eigenvalue weighted by Gasteiger charge is 2.11. The summed E-state index contributed by atoms with van der Waals surface area (Å²) in [7, 11) is 0. The molecule has 0 saturated carbocycles. The highest BCUT2D eigenvalue weighted by Crippen LogP contribution is 2.30. The lowest BCUT2D eigenvalue weighted by Crippen LogP contribution is -1.94. The van der Waals surface area contributed by atoms with Crippen LogP contribution in [-0.2, 0) is 6.42 Å². The predicted molar refractivity (Wildman–Crippen MR) is 89.1 cm³/mol. The molecule has 0 N–H and O–H groups in total.